The van der Waals surface area contributed by atoms with Gasteiger partial charge >= 0.3 is 0 Å². The molecule has 0 saturated carbocycles. The molecule has 0 aliphatic rings. The molecule has 3 rings (SSSR count). The highest BCUT2D eigenvalue weighted by Gasteiger charge is 2.33. The van der Waals surface area contributed by atoms with Crippen LogP contribution in [0.15, 0.2) is 71.6 Å². The number of rotatable bonds is 10. The number of carbonyl (C=O) groups excluding carboxylic acids is 2. The molecular weight excluding hydrogens is 585 g/mol. The minimum atomic E-state index is -4.22. The SMILES string of the molecule is COc1ccc(CN(C(=O)CN(c2ccc(Cl)c(Cl)c2)S(=O)(=O)c2ccc(C)cc2)C(C)C(=O)NC(C)(C)C)cc1. The van der Waals surface area contributed by atoms with Crippen LogP contribution in [-0.4, -0.2) is 50.4 Å². The topological polar surface area (TPSA) is 96.0 Å². The van der Waals surface area contributed by atoms with Crippen molar-refractivity contribution in [1.29, 1.82) is 0 Å². The predicted molar refractivity (Wildman–Crippen MR) is 163 cm³/mol. The summed E-state index contributed by atoms with van der Waals surface area (Å²) in [5, 5.41) is 3.27. The summed E-state index contributed by atoms with van der Waals surface area (Å²) in [7, 11) is -2.67. The molecule has 0 heterocycles. The molecule has 0 aliphatic heterocycles. The number of nitrogens with one attached hydrogen (secondary N) is 1. The summed E-state index contributed by atoms with van der Waals surface area (Å²) in [6, 6.07) is 16.8. The second-order valence-corrected chi connectivity index (χ2v) is 13.4. The Morgan fingerprint density at radius 2 is 1.56 bits per heavy atom. The standard InChI is InChI=1S/C30H35Cl2N3O5S/c1-20-7-14-25(15-8-20)41(38,39)35(23-11-16-26(31)27(32)17-23)19-28(36)34(21(2)29(37)33-30(3,4)5)18-22-9-12-24(40-6)13-10-22/h7-17,21H,18-19H2,1-6H3,(H,33,37). The number of benzene rings is 3. The number of nitrogens with zero attached hydrogens (tertiary/aromatic N) is 2. The third-order valence-corrected chi connectivity index (χ3v) is 8.78. The number of anilines is 1. The van der Waals surface area contributed by atoms with E-state index in [1.54, 1.807) is 50.4 Å². The highest BCUT2D eigenvalue weighted by atomic mass is 35.5. The lowest BCUT2D eigenvalue weighted by Gasteiger charge is -2.33. The maximum absolute atomic E-state index is 14.0. The summed E-state index contributed by atoms with van der Waals surface area (Å²) in [4.78, 5) is 28.6. The van der Waals surface area contributed by atoms with Crippen molar-refractivity contribution in [2.75, 3.05) is 18.0 Å². The van der Waals surface area contributed by atoms with Gasteiger partial charge in [0.05, 0.1) is 27.7 Å². The fourth-order valence-corrected chi connectivity index (χ4v) is 5.69. The van der Waals surface area contributed by atoms with Crippen LogP contribution in [-0.2, 0) is 26.2 Å². The zero-order chi connectivity index (χ0) is 30.5. The first-order valence-electron chi connectivity index (χ1n) is 12.9. The molecule has 220 valence electrons. The number of sulfonamides is 1. The van der Waals surface area contributed by atoms with Crippen molar-refractivity contribution in [1.82, 2.24) is 10.2 Å². The van der Waals surface area contributed by atoms with Crippen LogP contribution < -0.4 is 14.4 Å². The number of aryl methyl sites for hydroxylation is 1. The normalized spacial score (nSPS) is 12.4. The fourth-order valence-electron chi connectivity index (χ4n) is 3.99. The highest BCUT2D eigenvalue weighted by Crippen LogP contribution is 2.31. The van der Waals surface area contributed by atoms with E-state index in [1.807, 2.05) is 27.7 Å². The van der Waals surface area contributed by atoms with Gasteiger partial charge in [-0.05, 0) is 82.6 Å². The number of hydrogen-bond donors (Lipinski definition) is 1. The molecule has 0 fully saturated rings. The summed E-state index contributed by atoms with van der Waals surface area (Å²) >= 11 is 12.4. The molecule has 3 aromatic carbocycles. The largest absolute Gasteiger partial charge is 0.497 e. The molecule has 0 aromatic heterocycles. The lowest BCUT2D eigenvalue weighted by atomic mass is 10.1. The Kier molecular flexibility index (Phi) is 10.3. The van der Waals surface area contributed by atoms with E-state index >= 15 is 0 Å². The monoisotopic (exact) mass is 619 g/mol. The van der Waals surface area contributed by atoms with Gasteiger partial charge < -0.3 is 15.0 Å². The van der Waals surface area contributed by atoms with Crippen LogP contribution in [0.25, 0.3) is 0 Å². The Bertz CT molecular complexity index is 1490. The summed E-state index contributed by atoms with van der Waals surface area (Å²) in [5.41, 5.74) is 1.23. The molecule has 41 heavy (non-hydrogen) atoms. The quantitative estimate of drug-likeness (QED) is 0.308. The first kappa shape index (κ1) is 32.2. The maximum atomic E-state index is 14.0. The Labute approximate surface area is 252 Å². The van der Waals surface area contributed by atoms with E-state index in [4.69, 9.17) is 27.9 Å². The van der Waals surface area contributed by atoms with E-state index in [-0.39, 0.29) is 33.1 Å². The summed E-state index contributed by atoms with van der Waals surface area (Å²) < 4.78 is 34.0. The number of halogens is 2. The molecule has 3 aromatic rings. The van der Waals surface area contributed by atoms with Crippen molar-refractivity contribution in [3.05, 3.63) is 87.9 Å². The molecule has 1 atom stereocenters. The lowest BCUT2D eigenvalue weighted by molar-refractivity contribution is -0.140. The average molecular weight is 621 g/mol. The molecule has 0 radical (unpaired) electrons. The number of amides is 2. The molecule has 1 N–H and O–H groups in total. The molecule has 8 nitrogen and oxygen atoms in total. The second kappa shape index (κ2) is 13.1. The van der Waals surface area contributed by atoms with Gasteiger partial charge in [0.15, 0.2) is 0 Å². The first-order chi connectivity index (χ1) is 19.1. The molecule has 0 spiro atoms. The molecule has 11 heteroatoms. The zero-order valence-corrected chi connectivity index (χ0v) is 26.3. The smallest absolute Gasteiger partial charge is 0.264 e. The molecule has 0 saturated heterocycles. The molecule has 0 bridgehead atoms. The highest BCUT2D eigenvalue weighted by molar-refractivity contribution is 7.92. The van der Waals surface area contributed by atoms with Gasteiger partial charge in [0, 0.05) is 12.1 Å². The fraction of sp³-hybridized carbons (Fsp3) is 0.333. The van der Waals surface area contributed by atoms with Crippen molar-refractivity contribution in [3.63, 3.8) is 0 Å². The maximum Gasteiger partial charge on any atom is 0.264 e. The Morgan fingerprint density at radius 3 is 2.10 bits per heavy atom. The van der Waals surface area contributed by atoms with Crippen molar-refractivity contribution >= 4 is 50.7 Å². The van der Waals surface area contributed by atoms with Crippen LogP contribution in [0.5, 0.6) is 5.75 Å². The Morgan fingerprint density at radius 1 is 0.951 bits per heavy atom. The summed E-state index contributed by atoms with van der Waals surface area (Å²) in [5.74, 6) is -0.318. The van der Waals surface area contributed by atoms with Crippen molar-refractivity contribution in [3.8, 4) is 5.75 Å². The van der Waals surface area contributed by atoms with Gasteiger partial charge in [0.25, 0.3) is 10.0 Å². The van der Waals surface area contributed by atoms with Gasteiger partial charge in [0.1, 0.15) is 18.3 Å². The van der Waals surface area contributed by atoms with Crippen LogP contribution in [0.4, 0.5) is 5.69 Å². The van der Waals surface area contributed by atoms with Crippen LogP contribution in [0, 0.1) is 6.92 Å². The van der Waals surface area contributed by atoms with Gasteiger partial charge in [-0.3, -0.25) is 13.9 Å². The molecule has 2 amide bonds. The minimum Gasteiger partial charge on any atom is -0.497 e. The van der Waals surface area contributed by atoms with Gasteiger partial charge in [-0.1, -0.05) is 53.0 Å². The summed E-state index contributed by atoms with van der Waals surface area (Å²) in [6.07, 6.45) is 0. The molecule has 0 aliphatic carbocycles. The number of ether oxygens (including phenoxy) is 1. The van der Waals surface area contributed by atoms with Gasteiger partial charge in [-0.2, -0.15) is 0 Å². The van der Waals surface area contributed by atoms with E-state index in [0.717, 1.165) is 15.4 Å². The molecular formula is C30H35Cl2N3O5S. The first-order valence-corrected chi connectivity index (χ1v) is 15.1. The van der Waals surface area contributed by atoms with E-state index in [9.17, 15) is 18.0 Å². The van der Waals surface area contributed by atoms with Crippen molar-refractivity contribution in [2.45, 2.75) is 57.6 Å². The predicted octanol–water partition coefficient (Wildman–Crippen LogP) is 5.84. The Hall–Kier alpha value is -3.27. The van der Waals surface area contributed by atoms with E-state index in [1.165, 1.54) is 35.2 Å². The van der Waals surface area contributed by atoms with E-state index < -0.39 is 34.1 Å². The van der Waals surface area contributed by atoms with Crippen LogP contribution in [0.1, 0.15) is 38.8 Å². The third kappa shape index (κ3) is 8.38. The average Bonchev–Trinajstić information content (AvgIpc) is 2.91. The molecule has 1 unspecified atom stereocenters. The number of hydrogen-bond acceptors (Lipinski definition) is 5. The van der Waals surface area contributed by atoms with Crippen LogP contribution in [0.3, 0.4) is 0 Å². The van der Waals surface area contributed by atoms with E-state index in [2.05, 4.69) is 5.32 Å². The third-order valence-electron chi connectivity index (χ3n) is 6.26. The zero-order valence-electron chi connectivity index (χ0n) is 23.9. The van der Waals surface area contributed by atoms with Crippen molar-refractivity contribution in [2.24, 2.45) is 0 Å². The van der Waals surface area contributed by atoms with E-state index in [0.29, 0.717) is 5.75 Å². The van der Waals surface area contributed by atoms with Gasteiger partial charge in [0.2, 0.25) is 11.8 Å². The Balaban J connectivity index is 2.06. The van der Waals surface area contributed by atoms with Gasteiger partial charge in [-0.25, -0.2) is 8.42 Å². The van der Waals surface area contributed by atoms with Gasteiger partial charge in [-0.15, -0.1) is 0 Å². The minimum absolute atomic E-state index is 0.00204. The van der Waals surface area contributed by atoms with Crippen LogP contribution in [0.2, 0.25) is 10.0 Å². The number of carbonyl (C=O) groups is 2. The lowest BCUT2D eigenvalue weighted by Crippen LogP contribution is -2.54. The summed E-state index contributed by atoms with van der Waals surface area (Å²) in [6.45, 7) is 8.45. The van der Waals surface area contributed by atoms with Crippen LogP contribution >= 0.6 is 23.2 Å². The number of methoxy groups -OCH3 is 1. The van der Waals surface area contributed by atoms with Crippen molar-refractivity contribution < 1.29 is 22.7 Å². The second-order valence-electron chi connectivity index (χ2n) is 10.7.